The van der Waals surface area contributed by atoms with Crippen LogP contribution in [0.3, 0.4) is 0 Å². The molecule has 10 heteroatoms. The van der Waals surface area contributed by atoms with Crippen molar-refractivity contribution in [2.75, 3.05) is 18.4 Å². The van der Waals surface area contributed by atoms with Crippen molar-refractivity contribution in [3.63, 3.8) is 0 Å². The van der Waals surface area contributed by atoms with Crippen LogP contribution in [0.15, 0.2) is 30.5 Å². The molecule has 1 aliphatic rings. The molecule has 0 unspecified atom stereocenters. The molecule has 0 atom stereocenters. The first-order chi connectivity index (χ1) is 13.1. The SMILES string of the molecule is Cn1nc(C2CCNCC2)nc1NC(=O)c1cnn(-c2ccc(F)cc2)n1. The third kappa shape index (κ3) is 3.70. The molecule has 1 fully saturated rings. The number of hydrogen-bond donors (Lipinski definition) is 2. The molecule has 1 saturated heterocycles. The fourth-order valence-electron chi connectivity index (χ4n) is 3.00. The van der Waals surface area contributed by atoms with Crippen molar-refractivity contribution < 1.29 is 9.18 Å². The van der Waals surface area contributed by atoms with Crippen molar-refractivity contribution in [3.8, 4) is 5.69 Å². The fourth-order valence-corrected chi connectivity index (χ4v) is 3.00. The molecular weight excluding hydrogens is 351 g/mol. The highest BCUT2D eigenvalue weighted by Gasteiger charge is 2.22. The molecule has 4 rings (SSSR count). The standard InChI is InChI=1S/C17H19FN8O/c1-25-17(21-15(24-25)11-6-8-19-9-7-11)22-16(27)14-10-20-26(23-14)13-4-2-12(18)3-5-13/h2-5,10-11,19H,6-9H2,1H3,(H,21,22,24,27). The maximum Gasteiger partial charge on any atom is 0.280 e. The smallest absolute Gasteiger partial charge is 0.280 e. The van der Waals surface area contributed by atoms with Crippen LogP contribution in [0.1, 0.15) is 35.1 Å². The van der Waals surface area contributed by atoms with Crippen molar-refractivity contribution in [2.45, 2.75) is 18.8 Å². The van der Waals surface area contributed by atoms with Crippen molar-refractivity contribution in [1.82, 2.24) is 35.1 Å². The van der Waals surface area contributed by atoms with Crippen LogP contribution in [0.5, 0.6) is 0 Å². The van der Waals surface area contributed by atoms with Crippen molar-refractivity contribution in [3.05, 3.63) is 47.8 Å². The van der Waals surface area contributed by atoms with Crippen LogP contribution >= 0.6 is 0 Å². The number of nitrogens with one attached hydrogen (secondary N) is 2. The Morgan fingerprint density at radius 1 is 1.22 bits per heavy atom. The predicted octanol–water partition coefficient (Wildman–Crippen LogP) is 1.25. The molecule has 1 aliphatic heterocycles. The molecule has 0 radical (unpaired) electrons. The minimum Gasteiger partial charge on any atom is -0.317 e. The number of piperidine rings is 1. The lowest BCUT2D eigenvalue weighted by atomic mass is 9.98. The molecule has 3 aromatic rings. The molecule has 27 heavy (non-hydrogen) atoms. The third-order valence-corrected chi connectivity index (χ3v) is 4.49. The van der Waals surface area contributed by atoms with E-state index < -0.39 is 5.91 Å². The molecule has 0 aliphatic carbocycles. The molecule has 0 spiro atoms. The summed E-state index contributed by atoms with van der Waals surface area (Å²) in [7, 11) is 1.74. The number of hydrogen-bond acceptors (Lipinski definition) is 6. The van der Waals surface area contributed by atoms with Gasteiger partial charge in [0.15, 0.2) is 11.5 Å². The van der Waals surface area contributed by atoms with Gasteiger partial charge in [-0.25, -0.2) is 9.07 Å². The summed E-state index contributed by atoms with van der Waals surface area (Å²) >= 11 is 0. The maximum atomic E-state index is 13.0. The zero-order valence-corrected chi connectivity index (χ0v) is 14.8. The first-order valence-corrected chi connectivity index (χ1v) is 8.71. The number of nitrogens with zero attached hydrogens (tertiary/aromatic N) is 6. The minimum absolute atomic E-state index is 0.130. The molecule has 0 bridgehead atoms. The minimum atomic E-state index is -0.435. The fraction of sp³-hybridized carbons (Fsp3) is 0.353. The normalized spacial score (nSPS) is 15.0. The summed E-state index contributed by atoms with van der Waals surface area (Å²) in [4.78, 5) is 18.2. The van der Waals surface area contributed by atoms with Gasteiger partial charge in [-0.05, 0) is 50.2 Å². The van der Waals surface area contributed by atoms with Gasteiger partial charge in [0.05, 0.1) is 11.9 Å². The van der Waals surface area contributed by atoms with E-state index in [2.05, 4.69) is 30.9 Å². The van der Waals surface area contributed by atoms with E-state index in [1.165, 1.54) is 35.3 Å². The second-order valence-corrected chi connectivity index (χ2v) is 6.39. The number of halogens is 1. The Labute approximate surface area is 154 Å². The summed E-state index contributed by atoms with van der Waals surface area (Å²) in [5.41, 5.74) is 0.688. The average Bonchev–Trinajstić information content (AvgIpc) is 3.31. The van der Waals surface area contributed by atoms with Crippen LogP contribution in [0, 0.1) is 5.82 Å². The van der Waals surface area contributed by atoms with Gasteiger partial charge in [-0.3, -0.25) is 10.1 Å². The maximum absolute atomic E-state index is 13.0. The molecule has 3 heterocycles. The van der Waals surface area contributed by atoms with E-state index in [0.29, 0.717) is 17.6 Å². The number of benzene rings is 1. The van der Waals surface area contributed by atoms with Gasteiger partial charge in [0.2, 0.25) is 5.95 Å². The molecule has 9 nitrogen and oxygen atoms in total. The van der Waals surface area contributed by atoms with Gasteiger partial charge in [-0.1, -0.05) is 0 Å². The average molecular weight is 370 g/mol. The molecule has 2 N–H and O–H groups in total. The summed E-state index contributed by atoms with van der Waals surface area (Å²) in [5, 5.41) is 18.6. The Balaban J connectivity index is 1.48. The quantitative estimate of drug-likeness (QED) is 0.717. The number of aryl methyl sites for hydroxylation is 1. The van der Waals surface area contributed by atoms with Crippen LogP contribution in [-0.2, 0) is 7.05 Å². The van der Waals surface area contributed by atoms with Gasteiger partial charge in [-0.2, -0.15) is 20.0 Å². The Morgan fingerprint density at radius 2 is 1.96 bits per heavy atom. The summed E-state index contributed by atoms with van der Waals surface area (Å²) in [6.45, 7) is 1.88. The van der Waals surface area contributed by atoms with E-state index in [1.807, 2.05) is 0 Å². The number of anilines is 1. The largest absolute Gasteiger partial charge is 0.317 e. The number of carbonyl (C=O) groups excluding carboxylic acids is 1. The van der Waals surface area contributed by atoms with Gasteiger partial charge in [0, 0.05) is 13.0 Å². The van der Waals surface area contributed by atoms with Gasteiger partial charge < -0.3 is 5.32 Å². The van der Waals surface area contributed by atoms with Crippen LogP contribution < -0.4 is 10.6 Å². The summed E-state index contributed by atoms with van der Waals surface area (Å²) < 4.78 is 14.6. The van der Waals surface area contributed by atoms with Crippen molar-refractivity contribution in [2.24, 2.45) is 7.05 Å². The number of aromatic nitrogens is 6. The van der Waals surface area contributed by atoms with E-state index in [9.17, 15) is 9.18 Å². The van der Waals surface area contributed by atoms with Crippen molar-refractivity contribution >= 4 is 11.9 Å². The number of amides is 1. The molecule has 140 valence electrons. The lowest BCUT2D eigenvalue weighted by Gasteiger charge is -2.19. The summed E-state index contributed by atoms with van der Waals surface area (Å²) in [6, 6.07) is 5.68. The highest BCUT2D eigenvalue weighted by molar-refractivity contribution is 6.01. The van der Waals surface area contributed by atoms with Gasteiger partial charge in [0.25, 0.3) is 5.91 Å². The summed E-state index contributed by atoms with van der Waals surface area (Å²) in [5.74, 6) is 0.614. The second-order valence-electron chi connectivity index (χ2n) is 6.39. The van der Waals surface area contributed by atoms with Crippen molar-refractivity contribution in [1.29, 1.82) is 0 Å². The Hall–Kier alpha value is -3.14. The number of carbonyl (C=O) groups is 1. The van der Waals surface area contributed by atoms with Crippen LogP contribution in [0.25, 0.3) is 5.69 Å². The second kappa shape index (κ2) is 7.23. The van der Waals surface area contributed by atoms with Gasteiger partial charge >= 0.3 is 0 Å². The predicted molar refractivity (Wildman–Crippen MR) is 95.1 cm³/mol. The van der Waals surface area contributed by atoms with E-state index >= 15 is 0 Å². The third-order valence-electron chi connectivity index (χ3n) is 4.49. The molecule has 2 aromatic heterocycles. The van der Waals surface area contributed by atoms with E-state index in [0.717, 1.165) is 31.8 Å². The van der Waals surface area contributed by atoms with E-state index in [-0.39, 0.29) is 11.5 Å². The zero-order chi connectivity index (χ0) is 18.8. The first kappa shape index (κ1) is 17.3. The molecule has 1 aromatic carbocycles. The molecule has 1 amide bonds. The van der Waals surface area contributed by atoms with Crippen LogP contribution in [0.2, 0.25) is 0 Å². The summed E-state index contributed by atoms with van der Waals surface area (Å²) in [6.07, 6.45) is 3.30. The Bertz CT molecular complexity index is 942. The van der Waals surface area contributed by atoms with E-state index in [4.69, 9.17) is 0 Å². The lowest BCUT2D eigenvalue weighted by Crippen LogP contribution is -2.27. The highest BCUT2D eigenvalue weighted by atomic mass is 19.1. The first-order valence-electron chi connectivity index (χ1n) is 8.71. The highest BCUT2D eigenvalue weighted by Crippen LogP contribution is 2.23. The Morgan fingerprint density at radius 3 is 2.70 bits per heavy atom. The lowest BCUT2D eigenvalue weighted by molar-refractivity contribution is 0.102. The number of rotatable bonds is 4. The zero-order valence-electron chi connectivity index (χ0n) is 14.8. The Kier molecular flexibility index (Phi) is 4.63. The van der Waals surface area contributed by atoms with Gasteiger partial charge in [-0.15, -0.1) is 5.10 Å². The van der Waals surface area contributed by atoms with Crippen LogP contribution in [0.4, 0.5) is 10.3 Å². The topological polar surface area (TPSA) is 103 Å². The monoisotopic (exact) mass is 370 g/mol. The van der Waals surface area contributed by atoms with Crippen LogP contribution in [-0.4, -0.2) is 48.8 Å². The molecular formula is C17H19FN8O. The molecule has 0 saturated carbocycles. The van der Waals surface area contributed by atoms with Gasteiger partial charge in [0.1, 0.15) is 5.82 Å². The van der Waals surface area contributed by atoms with E-state index in [1.54, 1.807) is 11.7 Å².